The van der Waals surface area contributed by atoms with Crippen molar-refractivity contribution in [2.24, 2.45) is 0 Å². The first-order chi connectivity index (χ1) is 9.45. The first-order valence-corrected chi connectivity index (χ1v) is 6.75. The summed E-state index contributed by atoms with van der Waals surface area (Å²) in [6.45, 7) is 0.355. The number of rotatable bonds is 4. The summed E-state index contributed by atoms with van der Waals surface area (Å²) in [5, 5.41) is 14.0. The van der Waals surface area contributed by atoms with Crippen LogP contribution in [0.4, 0.5) is 15.8 Å². The molecule has 0 fully saturated rings. The number of hydrogen-bond donors (Lipinski definition) is 1. The second-order valence-electron chi connectivity index (χ2n) is 4.05. The Morgan fingerprint density at radius 3 is 2.65 bits per heavy atom. The third-order valence-electron chi connectivity index (χ3n) is 2.57. The summed E-state index contributed by atoms with van der Waals surface area (Å²) in [4.78, 5) is 10.2. The Morgan fingerprint density at radius 1 is 1.30 bits per heavy atom. The Labute approximate surface area is 127 Å². The van der Waals surface area contributed by atoms with Crippen LogP contribution in [0.15, 0.2) is 40.9 Å². The highest BCUT2D eigenvalue weighted by Crippen LogP contribution is 2.27. The molecule has 0 unspecified atom stereocenters. The quantitative estimate of drug-likeness (QED) is 0.632. The standard InChI is InChI=1S/C13H9BrClFN2O2/c14-12-6-11(18(19)20)1-2-13(12)17-7-8-3-9(15)5-10(16)4-8/h1-6,17H,7H2. The van der Waals surface area contributed by atoms with E-state index in [4.69, 9.17) is 11.6 Å². The molecule has 1 N–H and O–H groups in total. The number of anilines is 1. The Morgan fingerprint density at radius 2 is 2.05 bits per heavy atom. The second kappa shape index (κ2) is 6.19. The van der Waals surface area contributed by atoms with E-state index in [1.807, 2.05) is 0 Å². The number of halogens is 3. The summed E-state index contributed by atoms with van der Waals surface area (Å²) < 4.78 is 13.7. The number of benzene rings is 2. The molecule has 0 aromatic heterocycles. The topological polar surface area (TPSA) is 55.2 Å². The minimum absolute atomic E-state index is 0.00350. The van der Waals surface area contributed by atoms with Crippen molar-refractivity contribution in [2.45, 2.75) is 6.54 Å². The van der Waals surface area contributed by atoms with Crippen LogP contribution in [-0.4, -0.2) is 4.92 Å². The molecule has 0 bridgehead atoms. The van der Waals surface area contributed by atoms with Crippen molar-refractivity contribution >= 4 is 38.9 Å². The van der Waals surface area contributed by atoms with Crippen LogP contribution in [0.25, 0.3) is 0 Å². The highest BCUT2D eigenvalue weighted by molar-refractivity contribution is 9.10. The number of non-ortho nitro benzene ring substituents is 1. The van der Waals surface area contributed by atoms with Gasteiger partial charge in [-0.15, -0.1) is 0 Å². The van der Waals surface area contributed by atoms with Gasteiger partial charge in [0.25, 0.3) is 5.69 Å². The third kappa shape index (κ3) is 3.68. The predicted molar refractivity (Wildman–Crippen MR) is 79.5 cm³/mol. The van der Waals surface area contributed by atoms with Gasteiger partial charge < -0.3 is 5.32 Å². The molecule has 7 heteroatoms. The Balaban J connectivity index is 2.12. The molecule has 0 spiro atoms. The number of hydrogen-bond acceptors (Lipinski definition) is 3. The number of nitrogens with zero attached hydrogens (tertiary/aromatic N) is 1. The fraction of sp³-hybridized carbons (Fsp3) is 0.0769. The van der Waals surface area contributed by atoms with Crippen molar-refractivity contribution in [3.63, 3.8) is 0 Å². The Bertz CT molecular complexity index is 647. The largest absolute Gasteiger partial charge is 0.380 e. The van der Waals surface area contributed by atoms with E-state index < -0.39 is 10.7 Å². The van der Waals surface area contributed by atoms with Gasteiger partial charge in [-0.05, 0) is 45.8 Å². The summed E-state index contributed by atoms with van der Waals surface area (Å²) in [6.07, 6.45) is 0. The molecule has 0 aliphatic heterocycles. The molecule has 0 amide bonds. The summed E-state index contributed by atoms with van der Waals surface area (Å²) in [5.41, 5.74) is 1.35. The molecule has 104 valence electrons. The summed E-state index contributed by atoms with van der Waals surface area (Å²) >= 11 is 9.02. The van der Waals surface area contributed by atoms with Gasteiger partial charge in [-0.1, -0.05) is 11.6 Å². The molecule has 0 atom stereocenters. The molecule has 20 heavy (non-hydrogen) atoms. The Hall–Kier alpha value is -1.66. The van der Waals surface area contributed by atoms with Crippen LogP contribution >= 0.6 is 27.5 Å². The summed E-state index contributed by atoms with van der Waals surface area (Å²) in [6, 6.07) is 8.64. The zero-order chi connectivity index (χ0) is 14.7. The van der Waals surface area contributed by atoms with E-state index in [1.165, 1.54) is 24.3 Å². The van der Waals surface area contributed by atoms with Gasteiger partial charge in [0.2, 0.25) is 0 Å². The van der Waals surface area contributed by atoms with Crippen LogP contribution in [0.5, 0.6) is 0 Å². The highest BCUT2D eigenvalue weighted by Gasteiger charge is 2.09. The molecule has 0 radical (unpaired) electrons. The van der Waals surface area contributed by atoms with Crippen molar-refractivity contribution < 1.29 is 9.31 Å². The van der Waals surface area contributed by atoms with Crippen LogP contribution in [0.3, 0.4) is 0 Å². The first kappa shape index (κ1) is 14.7. The van der Waals surface area contributed by atoms with Crippen LogP contribution < -0.4 is 5.32 Å². The minimum atomic E-state index is -0.471. The second-order valence-corrected chi connectivity index (χ2v) is 5.34. The fourth-order valence-corrected chi connectivity index (χ4v) is 2.42. The molecule has 2 aromatic carbocycles. The Kier molecular flexibility index (Phi) is 4.57. The van der Waals surface area contributed by atoms with E-state index in [1.54, 1.807) is 12.1 Å². The van der Waals surface area contributed by atoms with E-state index in [2.05, 4.69) is 21.2 Å². The van der Waals surface area contributed by atoms with E-state index in [0.717, 1.165) is 0 Å². The van der Waals surface area contributed by atoms with Gasteiger partial charge >= 0.3 is 0 Å². The van der Waals surface area contributed by atoms with E-state index >= 15 is 0 Å². The average Bonchev–Trinajstić information content (AvgIpc) is 2.36. The maximum Gasteiger partial charge on any atom is 0.270 e. The van der Waals surface area contributed by atoms with Crippen molar-refractivity contribution in [1.82, 2.24) is 0 Å². The normalized spacial score (nSPS) is 10.3. The molecule has 4 nitrogen and oxygen atoms in total. The molecule has 2 aromatic rings. The SMILES string of the molecule is O=[N+]([O-])c1ccc(NCc2cc(F)cc(Cl)c2)c(Br)c1. The zero-order valence-corrected chi connectivity index (χ0v) is 12.4. The predicted octanol–water partition coefficient (Wildman–Crippen LogP) is 4.76. The van der Waals surface area contributed by atoms with Gasteiger partial charge in [-0.25, -0.2) is 4.39 Å². The van der Waals surface area contributed by atoms with E-state index in [-0.39, 0.29) is 5.69 Å². The van der Waals surface area contributed by atoms with Crippen molar-refractivity contribution in [2.75, 3.05) is 5.32 Å². The van der Waals surface area contributed by atoms with Crippen molar-refractivity contribution in [3.05, 3.63) is 67.4 Å². The van der Waals surface area contributed by atoms with Crippen LogP contribution in [0.1, 0.15) is 5.56 Å². The van der Waals surface area contributed by atoms with Gasteiger partial charge in [-0.3, -0.25) is 10.1 Å². The van der Waals surface area contributed by atoms with E-state index in [9.17, 15) is 14.5 Å². The molecule has 0 aliphatic rings. The average molecular weight is 360 g/mol. The summed E-state index contributed by atoms with van der Waals surface area (Å²) in [5.74, 6) is -0.405. The number of nitro benzene ring substituents is 1. The van der Waals surface area contributed by atoms with Gasteiger partial charge in [-0.2, -0.15) is 0 Å². The van der Waals surface area contributed by atoms with Crippen LogP contribution in [0, 0.1) is 15.9 Å². The molecule has 0 saturated carbocycles. The smallest absolute Gasteiger partial charge is 0.270 e. The molecule has 0 saturated heterocycles. The fourth-order valence-electron chi connectivity index (χ4n) is 1.67. The molecular formula is C13H9BrClFN2O2. The lowest BCUT2D eigenvalue weighted by molar-refractivity contribution is -0.384. The molecule has 2 rings (SSSR count). The van der Waals surface area contributed by atoms with Crippen LogP contribution in [0.2, 0.25) is 5.02 Å². The monoisotopic (exact) mass is 358 g/mol. The summed E-state index contributed by atoms with van der Waals surface area (Å²) in [7, 11) is 0. The first-order valence-electron chi connectivity index (χ1n) is 5.58. The molecule has 0 aliphatic carbocycles. The molecular weight excluding hydrogens is 351 g/mol. The lowest BCUT2D eigenvalue weighted by Crippen LogP contribution is -2.01. The molecule has 0 heterocycles. The third-order valence-corrected chi connectivity index (χ3v) is 3.44. The van der Waals surface area contributed by atoms with E-state index in [0.29, 0.717) is 27.3 Å². The maximum atomic E-state index is 13.2. The van der Waals surface area contributed by atoms with Gasteiger partial charge in [0.05, 0.1) is 4.92 Å². The minimum Gasteiger partial charge on any atom is -0.380 e. The lowest BCUT2D eigenvalue weighted by Gasteiger charge is -2.09. The zero-order valence-electron chi connectivity index (χ0n) is 10.1. The number of nitro groups is 1. The van der Waals surface area contributed by atoms with Crippen molar-refractivity contribution in [3.8, 4) is 0 Å². The van der Waals surface area contributed by atoms with Crippen LogP contribution in [-0.2, 0) is 6.54 Å². The van der Waals surface area contributed by atoms with Crippen molar-refractivity contribution in [1.29, 1.82) is 0 Å². The van der Waals surface area contributed by atoms with Gasteiger partial charge in [0, 0.05) is 33.9 Å². The maximum absolute atomic E-state index is 13.2. The number of nitrogens with one attached hydrogen (secondary N) is 1. The lowest BCUT2D eigenvalue weighted by atomic mass is 10.2. The highest BCUT2D eigenvalue weighted by atomic mass is 79.9. The van der Waals surface area contributed by atoms with Gasteiger partial charge in [0.15, 0.2) is 0 Å². The van der Waals surface area contributed by atoms with Gasteiger partial charge in [0.1, 0.15) is 5.82 Å².